The third-order valence-electron chi connectivity index (χ3n) is 12.2. The minimum Gasteiger partial charge on any atom is -0.462 e. The third-order valence-corrected chi connectivity index (χ3v) is 13.7. The molecule has 354 valence electrons. The van der Waals surface area contributed by atoms with E-state index in [0.29, 0.717) is 12.3 Å². The van der Waals surface area contributed by atoms with Crippen LogP contribution >= 0.6 is 7.60 Å². The molecule has 0 aromatic rings. The van der Waals surface area contributed by atoms with E-state index in [1.54, 1.807) is 0 Å². The Kier molecular flexibility index (Phi) is 38.2. The van der Waals surface area contributed by atoms with Gasteiger partial charge in [-0.3, -0.25) is 14.2 Å². The fraction of sp³-hybridized carbons (Fsp3) is 0.882. The molecule has 0 aliphatic carbocycles. The summed E-state index contributed by atoms with van der Waals surface area (Å²) >= 11 is 0. The highest BCUT2D eigenvalue weighted by molar-refractivity contribution is 7.52. The lowest BCUT2D eigenvalue weighted by Crippen LogP contribution is -2.54. The zero-order valence-electron chi connectivity index (χ0n) is 40.6. The van der Waals surface area contributed by atoms with Crippen LogP contribution in [0.1, 0.15) is 248 Å². The van der Waals surface area contributed by atoms with Crippen molar-refractivity contribution in [1.82, 2.24) is 5.32 Å². The number of carbonyl (C=O) groups excluding carboxylic acids is 2. The zero-order chi connectivity index (χ0) is 44.7. The molecule has 0 saturated heterocycles. The molecule has 0 aliphatic rings. The third kappa shape index (κ3) is 36.1. The first-order valence-corrected chi connectivity index (χ1v) is 27.0. The van der Waals surface area contributed by atoms with E-state index in [1.807, 2.05) is 20.8 Å². The topological polar surface area (TPSA) is 111 Å². The summed E-state index contributed by atoms with van der Waals surface area (Å²) in [6.45, 7) is 16.6. The normalized spacial score (nSPS) is 15.3. The summed E-state index contributed by atoms with van der Waals surface area (Å²) in [6.07, 6.45) is 40.2. The van der Waals surface area contributed by atoms with Gasteiger partial charge in [0, 0.05) is 24.4 Å². The minimum absolute atomic E-state index is 0.0659. The number of ether oxygens (including phenoxy) is 2. The second-order valence-electron chi connectivity index (χ2n) is 18.4. The molecule has 0 rings (SSSR count). The summed E-state index contributed by atoms with van der Waals surface area (Å²) in [6, 6.07) is 0.209. The molecular weight excluding hydrogens is 770 g/mol. The van der Waals surface area contributed by atoms with Crippen molar-refractivity contribution in [2.75, 3.05) is 12.8 Å². The van der Waals surface area contributed by atoms with E-state index in [0.717, 1.165) is 77.0 Å². The highest BCUT2D eigenvalue weighted by atomic mass is 31.2. The molecule has 0 aromatic carbocycles. The van der Waals surface area contributed by atoms with Gasteiger partial charge in [0.05, 0.1) is 12.3 Å². The zero-order valence-corrected chi connectivity index (χ0v) is 41.5. The maximum absolute atomic E-state index is 13.3. The molecule has 0 fully saturated rings. The first-order chi connectivity index (χ1) is 28.8. The number of carbonyl (C=O) groups is 2. The van der Waals surface area contributed by atoms with E-state index in [-0.39, 0.29) is 43.6 Å². The average molecular weight is 868 g/mol. The van der Waals surface area contributed by atoms with Crippen molar-refractivity contribution >= 4 is 19.5 Å². The molecule has 5 unspecified atom stereocenters. The van der Waals surface area contributed by atoms with Crippen LogP contribution in [-0.2, 0) is 28.2 Å². The van der Waals surface area contributed by atoms with E-state index in [4.69, 9.17) is 14.0 Å². The number of esters is 2. The van der Waals surface area contributed by atoms with Gasteiger partial charge in [-0.15, -0.1) is 0 Å². The summed E-state index contributed by atoms with van der Waals surface area (Å²) < 4.78 is 30.5. The van der Waals surface area contributed by atoms with Crippen LogP contribution < -0.4 is 5.32 Å². The second kappa shape index (κ2) is 39.1. The van der Waals surface area contributed by atoms with Gasteiger partial charge in [0.2, 0.25) is 0 Å². The number of hydrogen-bond acceptors (Lipinski definition) is 7. The Morgan fingerprint density at radius 3 is 1.45 bits per heavy atom. The van der Waals surface area contributed by atoms with Crippen LogP contribution in [0.15, 0.2) is 24.3 Å². The van der Waals surface area contributed by atoms with E-state index in [1.165, 1.54) is 96.3 Å². The highest BCUT2D eigenvalue weighted by Gasteiger charge is 2.35. The lowest BCUT2D eigenvalue weighted by Gasteiger charge is -2.38. The summed E-state index contributed by atoms with van der Waals surface area (Å²) in [4.78, 5) is 36.5. The molecule has 60 heavy (non-hydrogen) atoms. The molecule has 0 heterocycles. The summed E-state index contributed by atoms with van der Waals surface area (Å²) in [5, 5.41) is 3.57. The summed E-state index contributed by atoms with van der Waals surface area (Å²) in [5.74, 6) is -0.247. The standard InChI is InChI=1S/C51H98NO7P/c1-9-12-14-16-18-20-22-24-26-28-30-32-34-36-38-40-49(53)57-44-48(42-43-60(55,56)59-47(6)51(7,8)52-46(5)45(4)11-3)58-50(54)41-39-37-35-33-31-29-27-25-23-21-19-17-15-13-10-2/h24-27,45-48,52H,9-23,28-44H2,1-8H3,(H,55,56)/b26-24-,27-25-. The van der Waals surface area contributed by atoms with Crippen LogP contribution in [-0.4, -0.2) is 53.4 Å². The largest absolute Gasteiger partial charge is 0.462 e. The predicted octanol–water partition coefficient (Wildman–Crippen LogP) is 15.3. The summed E-state index contributed by atoms with van der Waals surface area (Å²) in [5.41, 5.74) is -0.545. The van der Waals surface area contributed by atoms with Crippen LogP contribution in [0, 0.1) is 5.92 Å². The molecule has 9 heteroatoms. The van der Waals surface area contributed by atoms with Gasteiger partial charge in [-0.25, -0.2) is 0 Å². The van der Waals surface area contributed by atoms with Gasteiger partial charge in [0.1, 0.15) is 12.7 Å². The molecule has 5 atom stereocenters. The van der Waals surface area contributed by atoms with Gasteiger partial charge in [0.25, 0.3) is 0 Å². The Balaban J connectivity index is 4.77. The van der Waals surface area contributed by atoms with Crippen molar-refractivity contribution in [2.45, 2.75) is 272 Å². The van der Waals surface area contributed by atoms with E-state index >= 15 is 0 Å². The van der Waals surface area contributed by atoms with Crippen molar-refractivity contribution in [1.29, 1.82) is 0 Å². The second-order valence-corrected chi connectivity index (χ2v) is 20.3. The Hall–Kier alpha value is -1.47. The smallest absolute Gasteiger partial charge is 0.328 e. The number of rotatable bonds is 43. The van der Waals surface area contributed by atoms with Crippen molar-refractivity contribution < 1.29 is 33.0 Å². The average Bonchev–Trinajstić information content (AvgIpc) is 3.21. The number of hydrogen-bond donors (Lipinski definition) is 2. The van der Waals surface area contributed by atoms with Crippen LogP contribution in [0.5, 0.6) is 0 Å². The fourth-order valence-corrected chi connectivity index (χ4v) is 8.78. The molecule has 0 amide bonds. The molecule has 2 N–H and O–H groups in total. The van der Waals surface area contributed by atoms with Crippen LogP contribution in [0.25, 0.3) is 0 Å². The van der Waals surface area contributed by atoms with Crippen LogP contribution in [0.3, 0.4) is 0 Å². The quantitative estimate of drug-likeness (QED) is 0.0270. The maximum atomic E-state index is 13.3. The molecule has 0 bridgehead atoms. The van der Waals surface area contributed by atoms with Crippen LogP contribution in [0.2, 0.25) is 0 Å². The Bertz CT molecular complexity index is 1120. The SMILES string of the molecule is CCCCCCCC/C=C\CCCCCCCC(=O)OCC(CCP(=O)(O)OC(C)C(C)(C)NC(C)C(C)CC)OC(=O)CCCCCCC/C=C\CCCCCCCC. The van der Waals surface area contributed by atoms with Gasteiger partial charge in [-0.1, -0.05) is 161 Å². The van der Waals surface area contributed by atoms with Crippen molar-refractivity contribution in [3.63, 3.8) is 0 Å². The molecular formula is C51H98NO7P. The van der Waals surface area contributed by atoms with Gasteiger partial charge >= 0.3 is 19.5 Å². The van der Waals surface area contributed by atoms with Gasteiger partial charge in [0.15, 0.2) is 0 Å². The number of nitrogens with one attached hydrogen (secondary N) is 1. The lowest BCUT2D eigenvalue weighted by molar-refractivity contribution is -0.159. The fourth-order valence-electron chi connectivity index (χ4n) is 7.30. The van der Waals surface area contributed by atoms with Gasteiger partial charge < -0.3 is 24.2 Å². The number of unbranched alkanes of at least 4 members (excludes halogenated alkanes) is 22. The Morgan fingerprint density at radius 2 is 1.02 bits per heavy atom. The van der Waals surface area contributed by atoms with Crippen LogP contribution in [0.4, 0.5) is 0 Å². The molecule has 0 aromatic heterocycles. The monoisotopic (exact) mass is 868 g/mol. The molecule has 0 aliphatic heterocycles. The first-order valence-electron chi connectivity index (χ1n) is 25.2. The maximum Gasteiger partial charge on any atom is 0.328 e. The van der Waals surface area contributed by atoms with Crippen molar-refractivity contribution in [3.05, 3.63) is 24.3 Å². The van der Waals surface area contributed by atoms with E-state index in [2.05, 4.69) is 64.2 Å². The molecule has 0 saturated carbocycles. The lowest BCUT2D eigenvalue weighted by atomic mass is 9.93. The van der Waals surface area contributed by atoms with Gasteiger partial charge in [-0.2, -0.15) is 0 Å². The van der Waals surface area contributed by atoms with Crippen molar-refractivity contribution in [3.8, 4) is 0 Å². The predicted molar refractivity (Wildman–Crippen MR) is 256 cm³/mol. The van der Waals surface area contributed by atoms with Crippen molar-refractivity contribution in [2.24, 2.45) is 5.92 Å². The molecule has 8 nitrogen and oxygen atoms in total. The van der Waals surface area contributed by atoms with E-state index in [9.17, 15) is 19.0 Å². The first kappa shape index (κ1) is 58.5. The Labute approximate surface area is 371 Å². The Morgan fingerprint density at radius 1 is 0.617 bits per heavy atom. The van der Waals surface area contributed by atoms with E-state index < -0.39 is 25.3 Å². The molecule has 0 spiro atoms. The summed E-state index contributed by atoms with van der Waals surface area (Å²) in [7, 11) is -4.04. The van der Waals surface area contributed by atoms with Gasteiger partial charge in [-0.05, 0) is 104 Å². The molecule has 0 radical (unpaired) electrons. The highest BCUT2D eigenvalue weighted by Crippen LogP contribution is 2.46. The minimum atomic E-state index is -4.04. The number of allylic oxidation sites excluding steroid dienone is 4.